The Balaban J connectivity index is 1.61. The van der Waals surface area contributed by atoms with Crippen molar-refractivity contribution in [3.05, 3.63) is 30.0 Å². The highest BCUT2D eigenvalue weighted by Gasteiger charge is 2.61. The van der Waals surface area contributed by atoms with Crippen LogP contribution in [-0.4, -0.2) is 36.6 Å². The van der Waals surface area contributed by atoms with Crippen molar-refractivity contribution in [2.75, 3.05) is 13.7 Å². The number of ether oxygens (including phenoxy) is 2. The number of hydrogen-bond acceptors (Lipinski definition) is 5. The molecule has 1 saturated heterocycles. The zero-order valence-corrected chi connectivity index (χ0v) is 14.0. The van der Waals surface area contributed by atoms with Crippen molar-refractivity contribution in [3.63, 3.8) is 0 Å². The topological polar surface area (TPSA) is 104 Å². The van der Waals surface area contributed by atoms with Gasteiger partial charge in [-0.3, -0.25) is 9.59 Å². The summed E-state index contributed by atoms with van der Waals surface area (Å²) in [6, 6.07) is 5.16. The molecular formula is C18H19N3O4. The van der Waals surface area contributed by atoms with Gasteiger partial charge in [0.05, 0.1) is 18.7 Å². The van der Waals surface area contributed by atoms with E-state index in [1.807, 2.05) is 0 Å². The number of methoxy groups -OCH3 is 1. The monoisotopic (exact) mass is 341 g/mol. The minimum atomic E-state index is -0.555. The number of aromatic nitrogens is 1. The van der Waals surface area contributed by atoms with E-state index >= 15 is 0 Å². The lowest BCUT2D eigenvalue weighted by atomic mass is 10.1. The molecule has 1 aliphatic carbocycles. The molecule has 4 atom stereocenters. The zero-order valence-electron chi connectivity index (χ0n) is 14.0. The number of piperidine rings is 1. The third kappa shape index (κ3) is 2.47. The molecule has 7 nitrogen and oxygen atoms in total. The zero-order chi connectivity index (χ0) is 17.7. The predicted octanol–water partition coefficient (Wildman–Crippen LogP) is 1.10. The second kappa shape index (κ2) is 5.61. The van der Waals surface area contributed by atoms with E-state index in [1.165, 1.54) is 7.11 Å². The third-order valence-corrected chi connectivity index (χ3v) is 5.26. The molecule has 1 saturated carbocycles. The van der Waals surface area contributed by atoms with Crippen molar-refractivity contribution in [1.29, 1.82) is 0 Å². The number of pyridine rings is 1. The molecule has 2 aliphatic rings. The molecule has 1 aromatic carbocycles. The van der Waals surface area contributed by atoms with Gasteiger partial charge in [0.2, 0.25) is 11.8 Å². The van der Waals surface area contributed by atoms with Crippen molar-refractivity contribution in [1.82, 2.24) is 10.3 Å². The molecule has 25 heavy (non-hydrogen) atoms. The highest BCUT2D eigenvalue weighted by molar-refractivity contribution is 6.01. The fourth-order valence-electron chi connectivity index (χ4n) is 3.87. The first-order chi connectivity index (χ1) is 12.0. The molecule has 0 bridgehead atoms. The van der Waals surface area contributed by atoms with Gasteiger partial charge in [-0.05, 0) is 35.4 Å². The standard InChI is InChI=1S/C18H19N3O4/c1-8-14-12(21-17(23)15(8)14)7-25-18-10-6-13(24-2)11(16(19)22)5-9(10)3-4-20-18/h3-6,8,12,14-15H,7H2,1-2H3,(H2,19,22)(H,21,23)/t8-,12-,14+,15-/m1/s1. The molecule has 7 heteroatoms. The molecule has 4 rings (SSSR count). The molecule has 1 aliphatic heterocycles. The maximum atomic E-state index is 11.8. The number of fused-ring (bicyclic) bond motifs is 2. The van der Waals surface area contributed by atoms with Crippen LogP contribution < -0.4 is 20.5 Å². The van der Waals surface area contributed by atoms with Gasteiger partial charge in [-0.1, -0.05) is 6.92 Å². The molecular weight excluding hydrogens is 322 g/mol. The molecule has 0 spiro atoms. The van der Waals surface area contributed by atoms with Crippen LogP contribution in [0.1, 0.15) is 17.3 Å². The van der Waals surface area contributed by atoms with E-state index in [9.17, 15) is 9.59 Å². The summed E-state index contributed by atoms with van der Waals surface area (Å²) in [6.45, 7) is 2.46. The molecule has 2 amide bonds. The fourth-order valence-corrected chi connectivity index (χ4v) is 3.87. The number of hydrogen-bond donors (Lipinski definition) is 2. The van der Waals surface area contributed by atoms with Crippen molar-refractivity contribution in [2.24, 2.45) is 23.5 Å². The van der Waals surface area contributed by atoms with Gasteiger partial charge < -0.3 is 20.5 Å². The Kier molecular flexibility index (Phi) is 3.52. The average Bonchev–Trinajstić information content (AvgIpc) is 3.15. The number of nitrogens with zero attached hydrogens (tertiary/aromatic N) is 1. The number of nitrogens with two attached hydrogens (primary N) is 1. The summed E-state index contributed by atoms with van der Waals surface area (Å²) in [5.74, 6) is 1.28. The Labute approximate surface area is 144 Å². The first-order valence-electron chi connectivity index (χ1n) is 8.21. The van der Waals surface area contributed by atoms with Gasteiger partial charge >= 0.3 is 0 Å². The number of carbonyl (C=O) groups excluding carboxylic acids is 2. The van der Waals surface area contributed by atoms with Crippen LogP contribution in [0.4, 0.5) is 0 Å². The number of benzene rings is 1. The highest BCUT2D eigenvalue weighted by atomic mass is 16.5. The second-order valence-electron chi connectivity index (χ2n) is 6.64. The normalized spacial score (nSPS) is 26.9. The molecule has 130 valence electrons. The minimum Gasteiger partial charge on any atom is -0.496 e. The smallest absolute Gasteiger partial charge is 0.252 e. The van der Waals surface area contributed by atoms with E-state index in [4.69, 9.17) is 15.2 Å². The van der Waals surface area contributed by atoms with Gasteiger partial charge in [-0.25, -0.2) is 4.98 Å². The van der Waals surface area contributed by atoms with Gasteiger partial charge in [0.15, 0.2) is 0 Å². The summed E-state index contributed by atoms with van der Waals surface area (Å²) >= 11 is 0. The van der Waals surface area contributed by atoms with E-state index in [-0.39, 0.29) is 17.9 Å². The van der Waals surface area contributed by atoms with Crippen LogP contribution in [0.25, 0.3) is 10.8 Å². The van der Waals surface area contributed by atoms with Gasteiger partial charge in [0, 0.05) is 17.5 Å². The first kappa shape index (κ1) is 15.7. The lowest BCUT2D eigenvalue weighted by molar-refractivity contribution is -0.121. The molecule has 2 fully saturated rings. The van der Waals surface area contributed by atoms with E-state index in [1.54, 1.807) is 24.4 Å². The SMILES string of the molecule is COc1cc2c(OC[C@H]3NC(=O)[C@@H]4[C@H](C)[C@H]43)nccc2cc1C(N)=O. The van der Waals surface area contributed by atoms with E-state index in [0.29, 0.717) is 35.6 Å². The highest BCUT2D eigenvalue weighted by Crippen LogP contribution is 2.52. The first-order valence-corrected chi connectivity index (χ1v) is 8.21. The van der Waals surface area contributed by atoms with Crippen molar-refractivity contribution in [3.8, 4) is 11.6 Å². The second-order valence-corrected chi connectivity index (χ2v) is 6.64. The minimum absolute atomic E-state index is 0.0105. The summed E-state index contributed by atoms with van der Waals surface area (Å²) < 4.78 is 11.2. The van der Waals surface area contributed by atoms with Crippen LogP contribution in [0.5, 0.6) is 11.6 Å². The summed E-state index contributed by atoms with van der Waals surface area (Å²) in [5, 5.41) is 4.49. The average molecular weight is 341 g/mol. The Morgan fingerprint density at radius 2 is 2.20 bits per heavy atom. The van der Waals surface area contributed by atoms with Crippen molar-refractivity contribution < 1.29 is 19.1 Å². The van der Waals surface area contributed by atoms with E-state index < -0.39 is 5.91 Å². The summed E-state index contributed by atoms with van der Waals surface area (Å²) in [7, 11) is 1.48. The van der Waals surface area contributed by atoms with E-state index in [0.717, 1.165) is 10.8 Å². The lowest BCUT2D eigenvalue weighted by Crippen LogP contribution is -2.36. The van der Waals surface area contributed by atoms with Crippen LogP contribution in [0.15, 0.2) is 24.4 Å². The van der Waals surface area contributed by atoms with Gasteiger partial charge in [0.1, 0.15) is 12.4 Å². The number of rotatable bonds is 5. The Morgan fingerprint density at radius 1 is 1.40 bits per heavy atom. The number of primary amides is 1. The van der Waals surface area contributed by atoms with Crippen molar-refractivity contribution in [2.45, 2.75) is 13.0 Å². The fraction of sp³-hybridized carbons (Fsp3) is 0.389. The quantitative estimate of drug-likeness (QED) is 0.848. The molecule has 0 unspecified atom stereocenters. The molecule has 2 aromatic rings. The summed E-state index contributed by atoms with van der Waals surface area (Å²) in [5.41, 5.74) is 5.71. The van der Waals surface area contributed by atoms with Crippen LogP contribution in [0.3, 0.4) is 0 Å². The van der Waals surface area contributed by atoms with Gasteiger partial charge in [-0.2, -0.15) is 0 Å². The molecule has 3 N–H and O–H groups in total. The molecule has 2 heterocycles. The third-order valence-electron chi connectivity index (χ3n) is 5.26. The Morgan fingerprint density at radius 3 is 2.84 bits per heavy atom. The van der Waals surface area contributed by atoms with Crippen molar-refractivity contribution >= 4 is 22.6 Å². The Hall–Kier alpha value is -2.83. The van der Waals surface area contributed by atoms with Crippen LogP contribution in [-0.2, 0) is 4.79 Å². The maximum absolute atomic E-state index is 11.8. The summed E-state index contributed by atoms with van der Waals surface area (Å²) in [4.78, 5) is 27.7. The Bertz CT molecular complexity index is 882. The van der Waals surface area contributed by atoms with E-state index in [2.05, 4.69) is 17.2 Å². The molecule has 0 radical (unpaired) electrons. The summed E-state index contributed by atoms with van der Waals surface area (Å²) in [6.07, 6.45) is 1.62. The number of nitrogens with one attached hydrogen (secondary N) is 1. The van der Waals surface area contributed by atoms with Crippen LogP contribution in [0, 0.1) is 17.8 Å². The largest absolute Gasteiger partial charge is 0.496 e. The lowest BCUT2D eigenvalue weighted by Gasteiger charge is -2.16. The van der Waals surface area contributed by atoms with Crippen LogP contribution >= 0.6 is 0 Å². The maximum Gasteiger partial charge on any atom is 0.252 e. The number of carbonyl (C=O) groups is 2. The molecule has 1 aromatic heterocycles. The van der Waals surface area contributed by atoms with Crippen LogP contribution in [0.2, 0.25) is 0 Å². The van der Waals surface area contributed by atoms with Gasteiger partial charge in [-0.15, -0.1) is 0 Å². The number of amides is 2. The predicted molar refractivity (Wildman–Crippen MR) is 90.4 cm³/mol. The van der Waals surface area contributed by atoms with Gasteiger partial charge in [0.25, 0.3) is 5.91 Å².